The molecule has 1 fully saturated rings. The first-order chi connectivity index (χ1) is 8.03. The molecule has 0 aromatic heterocycles. The van der Waals surface area contributed by atoms with Gasteiger partial charge in [-0.2, -0.15) is 9.28 Å². The van der Waals surface area contributed by atoms with Crippen molar-refractivity contribution in [3.63, 3.8) is 0 Å². The zero-order valence-corrected chi connectivity index (χ0v) is 9.92. The summed E-state index contributed by atoms with van der Waals surface area (Å²) in [5.74, 6) is 0. The zero-order valence-electron chi connectivity index (χ0n) is 9.92. The van der Waals surface area contributed by atoms with Gasteiger partial charge >= 0.3 is 6.09 Å². The minimum atomic E-state index is -0.921. The van der Waals surface area contributed by atoms with E-state index in [1.807, 2.05) is 18.2 Å². The molecule has 1 aliphatic rings. The van der Waals surface area contributed by atoms with Crippen LogP contribution in [-0.2, 0) is 9.47 Å². The van der Waals surface area contributed by atoms with E-state index >= 15 is 0 Å². The third-order valence-electron chi connectivity index (χ3n) is 2.89. The van der Waals surface area contributed by atoms with E-state index in [0.717, 1.165) is 5.56 Å². The summed E-state index contributed by atoms with van der Waals surface area (Å²) < 4.78 is 10.6. The summed E-state index contributed by atoms with van der Waals surface area (Å²) in [6.07, 6.45) is -1.38. The third kappa shape index (κ3) is 2.17. The Kier molecular flexibility index (Phi) is 3.15. The number of benzene rings is 1. The molecule has 17 heavy (non-hydrogen) atoms. The van der Waals surface area contributed by atoms with E-state index in [4.69, 9.17) is 9.47 Å². The molecule has 0 saturated carbocycles. The highest BCUT2D eigenvalue weighted by molar-refractivity contribution is 5.80. The second-order valence-electron chi connectivity index (χ2n) is 4.37. The highest BCUT2D eigenvalue weighted by atomic mass is 16.7. The van der Waals surface area contributed by atoms with Crippen molar-refractivity contribution in [3.05, 3.63) is 29.8 Å². The van der Waals surface area contributed by atoms with Gasteiger partial charge in [0.1, 0.15) is 0 Å². The molecule has 1 aliphatic heterocycles. The van der Waals surface area contributed by atoms with E-state index < -0.39 is 12.4 Å². The number of carboxylic acid groups (broad SMARTS) is 1. The molecule has 1 N–H and O–H groups in total. The molecule has 0 unspecified atom stereocenters. The van der Waals surface area contributed by atoms with Gasteiger partial charge in [0.2, 0.25) is 0 Å². The number of hydrogen-bond donors (Lipinski definition) is 1. The van der Waals surface area contributed by atoms with Crippen LogP contribution in [0.2, 0.25) is 0 Å². The number of ether oxygens (including phenoxy) is 2. The van der Waals surface area contributed by atoms with Crippen molar-refractivity contribution >= 4 is 11.8 Å². The average molecular weight is 238 g/mol. The Balaban J connectivity index is 2.43. The van der Waals surface area contributed by atoms with Gasteiger partial charge in [-0.25, -0.2) is 0 Å². The maximum absolute atomic E-state index is 11.3. The van der Waals surface area contributed by atoms with Gasteiger partial charge in [0.15, 0.2) is 12.0 Å². The summed E-state index contributed by atoms with van der Waals surface area (Å²) in [6.45, 7) is 1.08. The quantitative estimate of drug-likeness (QED) is 0.800. The molecule has 0 radical (unpaired) electrons. The molecule has 1 saturated heterocycles. The van der Waals surface area contributed by atoms with Crippen LogP contribution in [0.4, 0.5) is 10.5 Å². The fourth-order valence-electron chi connectivity index (χ4n) is 1.84. The van der Waals surface area contributed by atoms with Gasteiger partial charge in [-0.05, 0) is 6.07 Å². The Bertz CT molecular complexity index is 424. The van der Waals surface area contributed by atoms with Crippen molar-refractivity contribution in [1.82, 2.24) is 4.48 Å². The van der Waals surface area contributed by atoms with Gasteiger partial charge in [-0.3, -0.25) is 0 Å². The van der Waals surface area contributed by atoms with E-state index in [1.165, 1.54) is 0 Å². The van der Waals surface area contributed by atoms with Crippen LogP contribution in [0.1, 0.15) is 11.9 Å². The molecule has 5 nitrogen and oxygen atoms in total. The molecule has 5 heteroatoms. The van der Waals surface area contributed by atoms with Crippen LogP contribution in [0.15, 0.2) is 24.3 Å². The van der Waals surface area contributed by atoms with Gasteiger partial charge < -0.3 is 14.6 Å². The molecule has 1 aromatic carbocycles. The van der Waals surface area contributed by atoms with Crippen molar-refractivity contribution in [2.24, 2.45) is 0 Å². The molecule has 92 valence electrons. The number of carbonyl (C=O) groups is 1. The van der Waals surface area contributed by atoms with E-state index in [0.29, 0.717) is 18.9 Å². The maximum Gasteiger partial charge on any atom is 0.518 e. The van der Waals surface area contributed by atoms with Crippen molar-refractivity contribution in [2.75, 3.05) is 27.3 Å². The highest BCUT2D eigenvalue weighted by Crippen LogP contribution is 2.33. The van der Waals surface area contributed by atoms with Gasteiger partial charge in [0, 0.05) is 6.07 Å². The van der Waals surface area contributed by atoms with Gasteiger partial charge in [0.25, 0.3) is 0 Å². The normalized spacial score (nSPS) is 17.3. The summed E-state index contributed by atoms with van der Waals surface area (Å²) >= 11 is 0. The molecule has 1 amide bonds. The molecule has 0 atom stereocenters. The Morgan fingerprint density at radius 1 is 1.29 bits per heavy atom. The van der Waals surface area contributed by atoms with Gasteiger partial charge in [-0.1, -0.05) is 12.1 Å². The van der Waals surface area contributed by atoms with Crippen LogP contribution in [0.5, 0.6) is 0 Å². The second kappa shape index (κ2) is 4.44. The largest absolute Gasteiger partial charge is 0.518 e. The van der Waals surface area contributed by atoms with Crippen molar-refractivity contribution < 1.29 is 19.4 Å². The van der Waals surface area contributed by atoms with E-state index in [2.05, 4.69) is 0 Å². The summed E-state index contributed by atoms with van der Waals surface area (Å²) in [7, 11) is 3.24. The minimum Gasteiger partial charge on any atom is -0.435 e. The first kappa shape index (κ1) is 12.0. The third-order valence-corrected chi connectivity index (χ3v) is 2.89. The zero-order chi connectivity index (χ0) is 12.5. The Morgan fingerprint density at radius 3 is 2.47 bits per heavy atom. The fourth-order valence-corrected chi connectivity index (χ4v) is 1.84. The molecule has 1 aromatic rings. The van der Waals surface area contributed by atoms with Gasteiger partial charge in [-0.15, -0.1) is 0 Å². The Hall–Kier alpha value is -1.43. The molecular formula is C12H16NO4+. The second-order valence-corrected chi connectivity index (χ2v) is 4.37. The number of amides is 1. The van der Waals surface area contributed by atoms with Crippen molar-refractivity contribution in [2.45, 2.75) is 6.29 Å². The molecule has 2 rings (SSSR count). The lowest BCUT2D eigenvalue weighted by Crippen LogP contribution is -2.46. The predicted molar refractivity (Wildman–Crippen MR) is 62.8 cm³/mol. The number of hydrogen-bond acceptors (Lipinski definition) is 3. The lowest BCUT2D eigenvalue weighted by molar-refractivity contribution is -0.0444. The topological polar surface area (TPSA) is 55.8 Å². The van der Waals surface area contributed by atoms with Crippen LogP contribution < -0.4 is 4.48 Å². The molecular weight excluding hydrogens is 222 g/mol. The standard InChI is InChI=1S/C12H15NO4/c1-13(2,12(14)15)10-6-4-3-5-9(10)11-16-7-8-17-11/h3-6,11H,7-8H2,1-2H3/p+1. The van der Waals surface area contributed by atoms with Crippen molar-refractivity contribution in [3.8, 4) is 0 Å². The lowest BCUT2D eigenvalue weighted by atomic mass is 10.1. The smallest absolute Gasteiger partial charge is 0.435 e. The van der Waals surface area contributed by atoms with Crippen LogP contribution in [0, 0.1) is 0 Å². The summed E-state index contributed by atoms with van der Waals surface area (Å²) in [4.78, 5) is 11.3. The molecule has 0 aliphatic carbocycles. The number of rotatable bonds is 2. The van der Waals surface area contributed by atoms with Crippen molar-refractivity contribution in [1.29, 1.82) is 0 Å². The predicted octanol–water partition coefficient (Wildman–Crippen LogP) is 1.98. The Labute approximate surface area is 99.8 Å². The highest BCUT2D eigenvalue weighted by Gasteiger charge is 2.35. The summed E-state index contributed by atoms with van der Waals surface area (Å²) in [5, 5.41) is 9.25. The monoisotopic (exact) mass is 238 g/mol. The average Bonchev–Trinajstić information content (AvgIpc) is 2.82. The van der Waals surface area contributed by atoms with Crippen LogP contribution >= 0.6 is 0 Å². The summed E-state index contributed by atoms with van der Waals surface area (Å²) in [5.41, 5.74) is 1.45. The fraction of sp³-hybridized carbons (Fsp3) is 0.417. The maximum atomic E-state index is 11.3. The lowest BCUT2D eigenvalue weighted by Gasteiger charge is -2.25. The first-order valence-corrected chi connectivity index (χ1v) is 5.43. The molecule has 0 spiro atoms. The number of quaternary nitrogens is 1. The molecule has 1 heterocycles. The first-order valence-electron chi connectivity index (χ1n) is 5.43. The Morgan fingerprint density at radius 2 is 1.88 bits per heavy atom. The summed E-state index contributed by atoms with van der Waals surface area (Å²) in [6, 6.07) is 7.30. The van der Waals surface area contributed by atoms with Crippen LogP contribution in [0.25, 0.3) is 0 Å². The van der Waals surface area contributed by atoms with Crippen LogP contribution in [0.3, 0.4) is 0 Å². The SMILES string of the molecule is C[N+](C)(C(=O)O)c1ccccc1C1OCCO1. The van der Waals surface area contributed by atoms with Gasteiger partial charge in [0.05, 0.1) is 32.9 Å². The van der Waals surface area contributed by atoms with E-state index in [9.17, 15) is 9.90 Å². The van der Waals surface area contributed by atoms with E-state index in [1.54, 1.807) is 20.2 Å². The number of nitrogens with zero attached hydrogens (tertiary/aromatic N) is 1. The molecule has 0 bridgehead atoms. The minimum absolute atomic E-state index is 0.251. The van der Waals surface area contributed by atoms with E-state index in [-0.39, 0.29) is 4.48 Å². The number of para-hydroxylation sites is 1. The van der Waals surface area contributed by atoms with Crippen LogP contribution in [-0.4, -0.2) is 38.5 Å².